The zero-order valence-corrected chi connectivity index (χ0v) is 12.9. The first kappa shape index (κ1) is 17.5. The molecule has 9 heteroatoms. The highest BCUT2D eigenvalue weighted by Crippen LogP contribution is 2.27. The summed E-state index contributed by atoms with van der Waals surface area (Å²) in [4.78, 5) is 10.2. The average Bonchev–Trinajstić information content (AvgIpc) is 2.38. The molecule has 0 aliphatic carbocycles. The molecule has 3 N–H and O–H groups in total. The van der Waals surface area contributed by atoms with E-state index in [0.29, 0.717) is 6.54 Å². The molecule has 2 atom stereocenters. The lowest BCUT2D eigenvalue weighted by Gasteiger charge is -2.26. The Morgan fingerprint density at radius 1 is 1.57 bits per heavy atom. The summed E-state index contributed by atoms with van der Waals surface area (Å²) in [6.07, 6.45) is 0. The number of nitrogens with two attached hydrogens (primary N) is 1. The molecule has 21 heavy (non-hydrogen) atoms. The Balaban J connectivity index is 3.31. The highest BCUT2D eigenvalue weighted by Gasteiger charge is 2.31. The Morgan fingerprint density at radius 2 is 2.19 bits per heavy atom. The molecular formula is C12H19FN4O3S. The Morgan fingerprint density at radius 3 is 2.67 bits per heavy atom. The molecule has 7 nitrogen and oxygen atoms in total. The second kappa shape index (κ2) is 6.46. The molecule has 1 rings (SSSR count). The molecule has 0 aromatic heterocycles. The summed E-state index contributed by atoms with van der Waals surface area (Å²) in [5, 5.41) is 10.8. The van der Waals surface area contributed by atoms with Gasteiger partial charge in [0.25, 0.3) is 5.69 Å². The van der Waals surface area contributed by atoms with E-state index in [4.69, 9.17) is 5.73 Å². The number of nitrogens with zero attached hydrogens (tertiary/aromatic N) is 2. The fraction of sp³-hybridized carbons (Fsp3) is 0.500. The van der Waals surface area contributed by atoms with Crippen LogP contribution in [0.3, 0.4) is 0 Å². The molecule has 0 bridgehead atoms. The number of halogens is 1. The number of non-ortho nitro benzene ring substituents is 1. The van der Waals surface area contributed by atoms with Crippen LogP contribution in [0.25, 0.3) is 0 Å². The van der Waals surface area contributed by atoms with Crippen molar-refractivity contribution in [3.8, 4) is 0 Å². The SMILES string of the molecule is CCN=S(=O)(C[C@](C)(N)c1cc([N+](=O)[O-])ccc1F)NC. The van der Waals surface area contributed by atoms with E-state index in [2.05, 4.69) is 9.08 Å². The van der Waals surface area contributed by atoms with Crippen LogP contribution in [-0.4, -0.2) is 28.5 Å². The van der Waals surface area contributed by atoms with Gasteiger partial charge in [-0.15, -0.1) is 0 Å². The van der Waals surface area contributed by atoms with Crippen LogP contribution in [0, 0.1) is 15.9 Å². The van der Waals surface area contributed by atoms with Gasteiger partial charge in [-0.25, -0.2) is 17.7 Å². The van der Waals surface area contributed by atoms with Crippen molar-refractivity contribution in [2.75, 3.05) is 19.3 Å². The van der Waals surface area contributed by atoms with Gasteiger partial charge in [0.2, 0.25) is 0 Å². The minimum Gasteiger partial charge on any atom is -0.321 e. The standard InChI is InChI=1S/C12H19FN4O3S/c1-4-16-21(20,15-3)8-12(2,14)10-7-9(17(18)19)5-6-11(10)13/h5-7H,4,8,14H2,1-3H3,(H,15,16,20)/t12-,21?/m0/s1. The molecule has 0 aliphatic heterocycles. The fourth-order valence-corrected chi connectivity index (χ4v) is 3.69. The van der Waals surface area contributed by atoms with Crippen molar-refractivity contribution in [3.05, 3.63) is 39.7 Å². The second-order valence-electron chi connectivity index (χ2n) is 4.77. The van der Waals surface area contributed by atoms with Crippen molar-refractivity contribution in [1.82, 2.24) is 4.72 Å². The Hall–Kier alpha value is -1.58. The zero-order chi connectivity index (χ0) is 16.3. The maximum atomic E-state index is 13.9. The van der Waals surface area contributed by atoms with E-state index < -0.39 is 26.2 Å². The van der Waals surface area contributed by atoms with Gasteiger partial charge >= 0.3 is 0 Å². The molecule has 1 aromatic carbocycles. The van der Waals surface area contributed by atoms with Crippen LogP contribution in [0.4, 0.5) is 10.1 Å². The normalized spacial score (nSPS) is 16.8. The van der Waals surface area contributed by atoms with Crippen LogP contribution in [-0.2, 0) is 15.5 Å². The number of nitro groups is 1. The third-order valence-corrected chi connectivity index (χ3v) is 5.23. The van der Waals surface area contributed by atoms with Crippen molar-refractivity contribution in [3.63, 3.8) is 0 Å². The van der Waals surface area contributed by atoms with Gasteiger partial charge < -0.3 is 5.73 Å². The van der Waals surface area contributed by atoms with E-state index in [0.717, 1.165) is 18.2 Å². The third-order valence-electron chi connectivity index (χ3n) is 2.93. The molecule has 0 aliphatic rings. The lowest BCUT2D eigenvalue weighted by molar-refractivity contribution is -0.385. The maximum Gasteiger partial charge on any atom is 0.269 e. The molecular weight excluding hydrogens is 299 g/mol. The summed E-state index contributed by atoms with van der Waals surface area (Å²) in [5.41, 5.74) is 4.36. The zero-order valence-electron chi connectivity index (χ0n) is 12.1. The van der Waals surface area contributed by atoms with E-state index >= 15 is 0 Å². The summed E-state index contributed by atoms with van der Waals surface area (Å²) in [6.45, 7) is 3.50. The Kier molecular flexibility index (Phi) is 5.37. The van der Waals surface area contributed by atoms with Gasteiger partial charge in [-0.2, -0.15) is 0 Å². The van der Waals surface area contributed by atoms with Crippen LogP contribution in [0.15, 0.2) is 22.6 Å². The number of nitrogens with one attached hydrogen (secondary N) is 1. The number of rotatable bonds is 6. The largest absolute Gasteiger partial charge is 0.321 e. The molecule has 1 unspecified atom stereocenters. The molecule has 118 valence electrons. The minimum atomic E-state index is -2.82. The molecule has 0 amide bonds. The highest BCUT2D eigenvalue weighted by atomic mass is 32.2. The van der Waals surface area contributed by atoms with Gasteiger partial charge in [0.1, 0.15) is 15.7 Å². The van der Waals surface area contributed by atoms with Gasteiger partial charge in [0.05, 0.1) is 16.2 Å². The van der Waals surface area contributed by atoms with E-state index in [-0.39, 0.29) is 17.0 Å². The van der Waals surface area contributed by atoms with E-state index in [1.165, 1.54) is 14.0 Å². The Labute approximate surface area is 123 Å². The first-order chi connectivity index (χ1) is 9.65. The van der Waals surface area contributed by atoms with Gasteiger partial charge in [-0.3, -0.25) is 10.1 Å². The smallest absolute Gasteiger partial charge is 0.269 e. The summed E-state index contributed by atoms with van der Waals surface area (Å²) < 4.78 is 32.9. The molecule has 0 heterocycles. The topological polar surface area (TPSA) is 111 Å². The van der Waals surface area contributed by atoms with Gasteiger partial charge in [-0.1, -0.05) is 0 Å². The van der Waals surface area contributed by atoms with Crippen LogP contribution in [0.2, 0.25) is 0 Å². The summed E-state index contributed by atoms with van der Waals surface area (Å²) in [7, 11) is -1.35. The minimum absolute atomic E-state index is 0.0639. The van der Waals surface area contributed by atoms with E-state index in [1.807, 2.05) is 0 Å². The number of nitro benzene ring substituents is 1. The average molecular weight is 318 g/mol. The quantitative estimate of drug-likeness (QED) is 0.612. The van der Waals surface area contributed by atoms with Crippen LogP contribution >= 0.6 is 0 Å². The predicted octanol–water partition coefficient (Wildman–Crippen LogP) is 1.53. The van der Waals surface area contributed by atoms with Crippen LogP contribution < -0.4 is 10.5 Å². The summed E-state index contributed by atoms with van der Waals surface area (Å²) >= 11 is 0. The number of hydrogen-bond acceptors (Lipinski definition) is 5. The van der Waals surface area contributed by atoms with Crippen molar-refractivity contribution in [2.24, 2.45) is 10.1 Å². The molecule has 0 saturated heterocycles. The highest BCUT2D eigenvalue weighted by molar-refractivity contribution is 7.91. The lowest BCUT2D eigenvalue weighted by atomic mass is 9.94. The van der Waals surface area contributed by atoms with Gasteiger partial charge in [0, 0.05) is 24.2 Å². The molecule has 0 radical (unpaired) electrons. The van der Waals surface area contributed by atoms with Gasteiger partial charge in [-0.05, 0) is 27.0 Å². The van der Waals surface area contributed by atoms with Crippen molar-refractivity contribution in [1.29, 1.82) is 0 Å². The predicted molar refractivity (Wildman–Crippen MR) is 79.6 cm³/mol. The monoisotopic (exact) mass is 318 g/mol. The maximum absolute atomic E-state index is 13.9. The van der Waals surface area contributed by atoms with E-state index in [1.54, 1.807) is 6.92 Å². The summed E-state index contributed by atoms with van der Waals surface area (Å²) in [6, 6.07) is 3.11. The number of benzene rings is 1. The van der Waals surface area contributed by atoms with E-state index in [9.17, 15) is 18.7 Å². The third kappa shape index (κ3) is 4.19. The van der Waals surface area contributed by atoms with Crippen molar-refractivity contribution >= 4 is 15.6 Å². The molecule has 0 saturated carbocycles. The number of hydrogen-bond donors (Lipinski definition) is 2. The molecule has 0 fully saturated rings. The van der Waals surface area contributed by atoms with Crippen LogP contribution in [0.1, 0.15) is 19.4 Å². The lowest BCUT2D eigenvalue weighted by Crippen LogP contribution is -2.44. The molecule has 0 spiro atoms. The fourth-order valence-electron chi connectivity index (χ4n) is 1.94. The van der Waals surface area contributed by atoms with Gasteiger partial charge in [0.15, 0.2) is 0 Å². The second-order valence-corrected chi connectivity index (χ2v) is 7.01. The Bertz CT molecular complexity index is 654. The van der Waals surface area contributed by atoms with Crippen molar-refractivity contribution < 1.29 is 13.5 Å². The first-order valence-electron chi connectivity index (χ1n) is 6.27. The molecule has 1 aromatic rings. The summed E-state index contributed by atoms with van der Waals surface area (Å²) in [5.74, 6) is -0.845. The van der Waals surface area contributed by atoms with Crippen molar-refractivity contribution in [2.45, 2.75) is 19.4 Å². The van der Waals surface area contributed by atoms with Crippen LogP contribution in [0.5, 0.6) is 0 Å². The first-order valence-corrected chi connectivity index (χ1v) is 7.96.